The number of nitrogens with one attached hydrogen (secondary N) is 3. The Hall–Kier alpha value is -0.450. The van der Waals surface area contributed by atoms with Crippen LogP contribution in [0.1, 0.15) is 48.5 Å². The molecule has 0 saturated carbocycles. The van der Waals surface area contributed by atoms with Crippen LogP contribution in [0.3, 0.4) is 0 Å². The fourth-order valence-corrected chi connectivity index (χ4v) is 2.64. The van der Waals surface area contributed by atoms with Crippen molar-refractivity contribution in [3.05, 3.63) is 0 Å². The maximum Gasteiger partial charge on any atom is 0.0734 e. The minimum absolute atomic E-state index is 0.0821. The van der Waals surface area contributed by atoms with Crippen LogP contribution in [0.15, 0.2) is 10.3 Å². The standard InChI is InChI=1S/C15H32IN5O2/c1-11(20-22)13(3,4)17-8-15(7,10-19-16)9-18-14(5,6)12(2)21-23/h17-19,22-23H,8-10H2,1-7H3/b20-11+,21-12+. The van der Waals surface area contributed by atoms with E-state index in [4.69, 9.17) is 10.4 Å². The monoisotopic (exact) mass is 441 g/mol. The maximum absolute atomic E-state index is 8.99. The molecule has 0 aliphatic rings. The van der Waals surface area contributed by atoms with Crippen LogP contribution in [0.5, 0.6) is 0 Å². The summed E-state index contributed by atoms with van der Waals surface area (Å²) < 4.78 is 3.20. The van der Waals surface area contributed by atoms with Crippen LogP contribution in [0.25, 0.3) is 0 Å². The summed E-state index contributed by atoms with van der Waals surface area (Å²) in [5, 5.41) is 31.5. The Morgan fingerprint density at radius 2 is 1.17 bits per heavy atom. The average Bonchev–Trinajstić information content (AvgIpc) is 2.50. The summed E-state index contributed by atoms with van der Waals surface area (Å²) in [5.74, 6) is 0. The first-order valence-electron chi connectivity index (χ1n) is 7.66. The third kappa shape index (κ3) is 7.32. The molecule has 0 aromatic carbocycles. The third-order valence-corrected chi connectivity index (χ3v) is 4.90. The molecule has 0 amide bonds. The topological polar surface area (TPSA) is 101 Å². The van der Waals surface area contributed by atoms with Crippen LogP contribution >= 0.6 is 22.9 Å². The van der Waals surface area contributed by atoms with Gasteiger partial charge in [0.2, 0.25) is 0 Å². The van der Waals surface area contributed by atoms with Gasteiger partial charge >= 0.3 is 0 Å². The molecule has 0 aromatic rings. The number of oxime groups is 2. The fraction of sp³-hybridized carbons (Fsp3) is 0.867. The zero-order valence-corrected chi connectivity index (χ0v) is 17.4. The highest BCUT2D eigenvalue weighted by Crippen LogP contribution is 2.18. The zero-order chi connectivity index (χ0) is 18.3. The lowest BCUT2D eigenvalue weighted by atomic mass is 9.87. The molecule has 0 fully saturated rings. The van der Waals surface area contributed by atoms with Crippen LogP contribution in [-0.2, 0) is 0 Å². The van der Waals surface area contributed by atoms with Gasteiger partial charge < -0.3 is 21.0 Å². The molecular weight excluding hydrogens is 409 g/mol. The summed E-state index contributed by atoms with van der Waals surface area (Å²) in [5.41, 5.74) is 0.414. The van der Waals surface area contributed by atoms with Crippen molar-refractivity contribution in [2.24, 2.45) is 15.7 Å². The maximum atomic E-state index is 8.99. The predicted octanol–water partition coefficient (Wildman–Crippen LogP) is 2.37. The van der Waals surface area contributed by atoms with E-state index in [0.29, 0.717) is 11.4 Å². The minimum Gasteiger partial charge on any atom is -0.411 e. The largest absolute Gasteiger partial charge is 0.411 e. The quantitative estimate of drug-likeness (QED) is 0.118. The molecule has 0 heterocycles. The van der Waals surface area contributed by atoms with Gasteiger partial charge in [-0.1, -0.05) is 17.2 Å². The van der Waals surface area contributed by atoms with Crippen LogP contribution in [0.4, 0.5) is 0 Å². The number of rotatable bonds is 10. The summed E-state index contributed by atoms with van der Waals surface area (Å²) in [7, 11) is 0. The number of hydrogen-bond acceptors (Lipinski definition) is 7. The van der Waals surface area contributed by atoms with Gasteiger partial charge in [-0.05, 0) is 41.5 Å². The van der Waals surface area contributed by atoms with E-state index in [1.807, 2.05) is 27.7 Å². The first-order chi connectivity index (χ1) is 10.4. The molecule has 5 N–H and O–H groups in total. The molecule has 0 radical (unpaired) electrons. The van der Waals surface area contributed by atoms with E-state index >= 15 is 0 Å². The molecule has 0 rings (SSSR count). The molecule has 23 heavy (non-hydrogen) atoms. The van der Waals surface area contributed by atoms with Gasteiger partial charge in [-0.15, -0.1) is 0 Å². The van der Waals surface area contributed by atoms with E-state index in [9.17, 15) is 0 Å². The highest BCUT2D eigenvalue weighted by molar-refractivity contribution is 14.1. The van der Waals surface area contributed by atoms with Crippen molar-refractivity contribution in [2.75, 3.05) is 19.6 Å². The van der Waals surface area contributed by atoms with Crippen LogP contribution < -0.4 is 14.2 Å². The van der Waals surface area contributed by atoms with Crippen molar-refractivity contribution in [3.63, 3.8) is 0 Å². The lowest BCUT2D eigenvalue weighted by molar-refractivity contribution is 0.251. The predicted molar refractivity (Wildman–Crippen MR) is 104 cm³/mol. The first kappa shape index (κ1) is 22.6. The molecule has 136 valence electrons. The van der Waals surface area contributed by atoms with Crippen molar-refractivity contribution < 1.29 is 10.4 Å². The molecule has 0 aliphatic heterocycles. The third-order valence-electron chi connectivity index (χ3n) is 4.52. The van der Waals surface area contributed by atoms with Gasteiger partial charge in [0, 0.05) is 47.9 Å². The lowest BCUT2D eigenvalue weighted by Crippen LogP contribution is -2.56. The molecule has 0 spiro atoms. The van der Waals surface area contributed by atoms with Gasteiger partial charge in [0.1, 0.15) is 0 Å². The zero-order valence-electron chi connectivity index (χ0n) is 15.3. The van der Waals surface area contributed by atoms with Gasteiger partial charge in [-0.2, -0.15) is 0 Å². The normalized spacial score (nSPS) is 17.2. The molecule has 0 aliphatic carbocycles. The first-order valence-corrected chi connectivity index (χ1v) is 8.74. The molecular formula is C15H32IN5O2. The van der Waals surface area contributed by atoms with E-state index in [-0.39, 0.29) is 16.5 Å². The Morgan fingerprint density at radius 1 is 0.826 bits per heavy atom. The van der Waals surface area contributed by atoms with E-state index in [2.05, 4.69) is 54.3 Å². The molecule has 8 heteroatoms. The summed E-state index contributed by atoms with van der Waals surface area (Å²) in [6, 6.07) is 0. The smallest absolute Gasteiger partial charge is 0.0734 e. The van der Waals surface area contributed by atoms with Crippen molar-refractivity contribution in [3.8, 4) is 0 Å². The van der Waals surface area contributed by atoms with E-state index in [1.54, 1.807) is 13.8 Å². The Bertz CT molecular complexity index is 402. The van der Waals surface area contributed by atoms with Gasteiger partial charge in [-0.3, -0.25) is 3.53 Å². The number of nitrogens with zero attached hydrogens (tertiary/aromatic N) is 2. The summed E-state index contributed by atoms with van der Waals surface area (Å²) >= 11 is 2.14. The number of halogens is 1. The van der Waals surface area contributed by atoms with E-state index in [0.717, 1.165) is 19.6 Å². The van der Waals surface area contributed by atoms with Gasteiger partial charge in [0.25, 0.3) is 0 Å². The van der Waals surface area contributed by atoms with Crippen LogP contribution in [0.2, 0.25) is 0 Å². The highest BCUT2D eigenvalue weighted by atomic mass is 127. The van der Waals surface area contributed by atoms with Crippen molar-refractivity contribution >= 4 is 34.3 Å². The minimum atomic E-state index is -0.390. The molecule has 0 bridgehead atoms. The SMILES string of the molecule is C/C(=N\O)C(C)(C)NCC(C)(CNI)CNC(C)(C)/C(C)=N/O. The molecule has 0 aromatic heterocycles. The number of hydrogen-bond donors (Lipinski definition) is 5. The Kier molecular flexibility index (Phi) is 8.96. The summed E-state index contributed by atoms with van der Waals surface area (Å²) in [4.78, 5) is 0. The van der Waals surface area contributed by atoms with Gasteiger partial charge in [0.05, 0.1) is 22.5 Å². The van der Waals surface area contributed by atoms with Crippen LogP contribution in [0, 0.1) is 5.41 Å². The summed E-state index contributed by atoms with van der Waals surface area (Å²) in [6.07, 6.45) is 0. The fourth-order valence-electron chi connectivity index (χ4n) is 1.72. The Labute approximate surface area is 153 Å². The molecule has 7 nitrogen and oxygen atoms in total. The van der Waals surface area contributed by atoms with Gasteiger partial charge in [-0.25, -0.2) is 0 Å². The van der Waals surface area contributed by atoms with Crippen molar-refractivity contribution in [1.29, 1.82) is 0 Å². The second-order valence-electron chi connectivity index (χ2n) is 7.45. The second kappa shape index (κ2) is 9.14. The Morgan fingerprint density at radius 3 is 1.43 bits per heavy atom. The summed E-state index contributed by atoms with van der Waals surface area (Å²) in [6.45, 7) is 15.9. The Balaban J connectivity index is 4.94. The van der Waals surface area contributed by atoms with Crippen molar-refractivity contribution in [1.82, 2.24) is 14.2 Å². The highest BCUT2D eigenvalue weighted by Gasteiger charge is 2.32. The molecule has 0 atom stereocenters. The average molecular weight is 441 g/mol. The molecule has 0 unspecified atom stereocenters. The molecule has 0 saturated heterocycles. The van der Waals surface area contributed by atoms with Crippen LogP contribution in [-0.4, -0.2) is 52.5 Å². The van der Waals surface area contributed by atoms with Gasteiger partial charge in [0.15, 0.2) is 0 Å². The second-order valence-corrected chi connectivity index (χ2v) is 8.21. The van der Waals surface area contributed by atoms with E-state index in [1.165, 1.54) is 0 Å². The lowest BCUT2D eigenvalue weighted by Gasteiger charge is -2.37. The van der Waals surface area contributed by atoms with E-state index < -0.39 is 0 Å². The van der Waals surface area contributed by atoms with Crippen molar-refractivity contribution in [2.45, 2.75) is 59.5 Å².